The van der Waals surface area contributed by atoms with E-state index in [1.54, 1.807) is 31.3 Å². The van der Waals surface area contributed by atoms with Gasteiger partial charge in [-0.3, -0.25) is 4.79 Å². The number of halogens is 1. The van der Waals surface area contributed by atoms with E-state index < -0.39 is 20.5 Å². The van der Waals surface area contributed by atoms with Gasteiger partial charge in [0.25, 0.3) is 5.91 Å². The Morgan fingerprint density at radius 2 is 1.88 bits per heavy atom. The van der Waals surface area contributed by atoms with Gasteiger partial charge in [0.1, 0.15) is 10.5 Å². The molecule has 170 valence electrons. The highest BCUT2D eigenvalue weighted by atomic mass is 35.5. The Labute approximate surface area is 196 Å². The number of furan rings is 1. The Hall–Kier alpha value is -1.90. The second kappa shape index (κ2) is 7.05. The van der Waals surface area contributed by atoms with Gasteiger partial charge < -0.3 is 10.2 Å². The summed E-state index contributed by atoms with van der Waals surface area (Å²) in [5.74, 6) is 0.309. The molecule has 0 saturated heterocycles. The lowest BCUT2D eigenvalue weighted by atomic mass is 9.47. The van der Waals surface area contributed by atoms with Crippen molar-refractivity contribution < 1.29 is 17.6 Å². The van der Waals surface area contributed by atoms with Crippen molar-refractivity contribution in [1.29, 1.82) is 0 Å². The van der Waals surface area contributed by atoms with Gasteiger partial charge in [0.2, 0.25) is 0 Å². The third kappa shape index (κ3) is 3.38. The number of nitrogens with zero attached hydrogens (tertiary/aromatic N) is 1. The van der Waals surface area contributed by atoms with Gasteiger partial charge in [0.15, 0.2) is 15.6 Å². The van der Waals surface area contributed by atoms with Crippen LogP contribution in [0.25, 0.3) is 10.2 Å². The molecule has 2 heterocycles. The number of carbonyl (C=O) groups excluding carboxylic acids is 1. The minimum Gasteiger partial charge on any atom is -0.454 e. The topological polar surface area (TPSA) is 103 Å². The first-order valence-corrected chi connectivity index (χ1v) is 13.7. The van der Waals surface area contributed by atoms with Crippen LogP contribution in [0.1, 0.15) is 78.3 Å². The Balaban J connectivity index is 1.32. The molecule has 2 aromatic heterocycles. The van der Waals surface area contributed by atoms with Gasteiger partial charge in [0, 0.05) is 22.8 Å². The first-order valence-electron chi connectivity index (χ1n) is 10.6. The number of nitrogens with two attached hydrogens (primary N) is 1. The fourth-order valence-electron chi connectivity index (χ4n) is 5.17. The maximum Gasteiger partial charge on any atom is 0.284 e. The fraction of sp³-hybridized carbons (Fsp3) is 0.478. The number of hydrogen-bond donors (Lipinski definition) is 1. The summed E-state index contributed by atoms with van der Waals surface area (Å²) in [7, 11) is -3.43. The molecule has 2 fully saturated rings. The molecule has 2 aliphatic rings. The largest absolute Gasteiger partial charge is 0.454 e. The number of primary amides is 1. The maximum absolute atomic E-state index is 12.2. The van der Waals surface area contributed by atoms with Crippen molar-refractivity contribution in [2.24, 2.45) is 11.1 Å². The van der Waals surface area contributed by atoms with Crippen molar-refractivity contribution in [1.82, 2.24) is 4.98 Å². The highest BCUT2D eigenvalue weighted by Gasteiger charge is 2.55. The van der Waals surface area contributed by atoms with Crippen LogP contribution in [-0.4, -0.2) is 25.6 Å². The average molecular weight is 493 g/mol. The van der Waals surface area contributed by atoms with E-state index in [2.05, 4.69) is 0 Å². The van der Waals surface area contributed by atoms with E-state index in [1.165, 1.54) is 6.26 Å². The van der Waals surface area contributed by atoms with E-state index in [0.717, 1.165) is 46.5 Å². The van der Waals surface area contributed by atoms with Crippen molar-refractivity contribution in [3.05, 3.63) is 51.4 Å². The average Bonchev–Trinajstić information content (AvgIpc) is 3.22. The fourth-order valence-corrected chi connectivity index (χ4v) is 6.85. The number of thiazole rings is 1. The van der Waals surface area contributed by atoms with Gasteiger partial charge >= 0.3 is 0 Å². The minimum absolute atomic E-state index is 0.0931. The molecule has 1 spiro atoms. The Bertz CT molecular complexity index is 1340. The summed E-state index contributed by atoms with van der Waals surface area (Å²) >= 11 is 7.82. The molecule has 32 heavy (non-hydrogen) atoms. The van der Waals surface area contributed by atoms with Crippen LogP contribution in [0.5, 0.6) is 0 Å². The molecular weight excluding hydrogens is 468 g/mol. The first-order chi connectivity index (χ1) is 14.9. The van der Waals surface area contributed by atoms with E-state index >= 15 is 0 Å². The lowest BCUT2D eigenvalue weighted by molar-refractivity contribution is -0.0116. The first kappa shape index (κ1) is 21.9. The third-order valence-electron chi connectivity index (χ3n) is 7.38. The van der Waals surface area contributed by atoms with Crippen LogP contribution >= 0.6 is 22.9 Å². The minimum atomic E-state index is -3.43. The number of amides is 1. The Morgan fingerprint density at radius 3 is 2.50 bits per heavy atom. The van der Waals surface area contributed by atoms with Crippen LogP contribution in [0.2, 0.25) is 5.02 Å². The lowest BCUT2D eigenvalue weighted by Crippen LogP contribution is -2.45. The highest BCUT2D eigenvalue weighted by molar-refractivity contribution is 7.91. The molecule has 9 heteroatoms. The van der Waals surface area contributed by atoms with E-state index in [9.17, 15) is 13.2 Å². The van der Waals surface area contributed by atoms with Crippen molar-refractivity contribution in [2.75, 3.05) is 6.26 Å². The van der Waals surface area contributed by atoms with E-state index in [-0.39, 0.29) is 22.9 Å². The number of hydrogen-bond acceptors (Lipinski definition) is 6. The smallest absolute Gasteiger partial charge is 0.284 e. The predicted molar refractivity (Wildman–Crippen MR) is 126 cm³/mol. The van der Waals surface area contributed by atoms with E-state index in [1.807, 2.05) is 18.2 Å². The molecule has 2 aliphatic carbocycles. The number of carbonyl (C=O) groups is 1. The highest BCUT2D eigenvalue weighted by Crippen LogP contribution is 2.67. The molecular formula is C23H25ClN2O4S2. The van der Waals surface area contributed by atoms with Gasteiger partial charge in [-0.2, -0.15) is 0 Å². The van der Waals surface area contributed by atoms with Gasteiger partial charge in [-0.1, -0.05) is 11.6 Å². The molecule has 3 aromatic rings. The molecule has 0 atom stereocenters. The maximum atomic E-state index is 12.2. The number of fused-ring (bicyclic) bond motifs is 1. The van der Waals surface area contributed by atoms with Crippen molar-refractivity contribution in [2.45, 2.75) is 56.1 Å². The molecule has 2 N–H and O–H groups in total. The zero-order valence-corrected chi connectivity index (χ0v) is 20.5. The predicted octanol–water partition coefficient (Wildman–Crippen LogP) is 5.36. The van der Waals surface area contributed by atoms with Crippen molar-refractivity contribution in [3.63, 3.8) is 0 Å². The van der Waals surface area contributed by atoms with Crippen LogP contribution in [0.15, 0.2) is 28.7 Å². The number of aromatic nitrogens is 1. The quantitative estimate of drug-likeness (QED) is 0.516. The van der Waals surface area contributed by atoms with E-state index in [4.69, 9.17) is 26.7 Å². The van der Waals surface area contributed by atoms with Crippen LogP contribution in [-0.2, 0) is 14.6 Å². The number of sulfone groups is 1. The molecule has 0 bridgehead atoms. The Morgan fingerprint density at radius 1 is 1.22 bits per heavy atom. The SMILES string of the molecule is CC(C)(c1cc(C2CC3(CC(c4nc5cc(Cl)ccc5s4)C3)C2)c(C(N)=O)o1)S(C)(=O)=O. The second-order valence-corrected chi connectivity index (χ2v) is 14.0. The van der Waals surface area contributed by atoms with Crippen molar-refractivity contribution in [3.8, 4) is 0 Å². The number of rotatable bonds is 5. The summed E-state index contributed by atoms with van der Waals surface area (Å²) in [5.41, 5.74) is 7.51. The summed E-state index contributed by atoms with van der Waals surface area (Å²) in [6.45, 7) is 3.17. The molecule has 1 amide bonds. The molecule has 1 aromatic carbocycles. The molecule has 0 unspecified atom stereocenters. The summed E-state index contributed by atoms with van der Waals surface area (Å²) in [4.78, 5) is 16.8. The van der Waals surface area contributed by atoms with Gasteiger partial charge in [-0.25, -0.2) is 13.4 Å². The summed E-state index contributed by atoms with van der Waals surface area (Å²) in [6.07, 6.45) is 5.20. The Kier molecular flexibility index (Phi) is 4.83. The molecule has 0 radical (unpaired) electrons. The summed E-state index contributed by atoms with van der Waals surface area (Å²) < 4.78 is 30.1. The number of benzene rings is 1. The van der Waals surface area contributed by atoms with Crippen molar-refractivity contribution >= 4 is 48.9 Å². The summed E-state index contributed by atoms with van der Waals surface area (Å²) in [6, 6.07) is 7.55. The second-order valence-electron chi connectivity index (χ2n) is 9.92. The van der Waals surface area contributed by atoms with Crippen LogP contribution in [0, 0.1) is 5.41 Å². The van der Waals surface area contributed by atoms with Gasteiger partial charge in [-0.05, 0) is 75.1 Å². The molecule has 6 nitrogen and oxygen atoms in total. The molecule has 0 aliphatic heterocycles. The molecule has 5 rings (SSSR count). The zero-order valence-electron chi connectivity index (χ0n) is 18.1. The van der Waals surface area contributed by atoms with Gasteiger partial charge in [-0.15, -0.1) is 11.3 Å². The van der Waals surface area contributed by atoms with Gasteiger partial charge in [0.05, 0.1) is 15.2 Å². The van der Waals surface area contributed by atoms with E-state index in [0.29, 0.717) is 10.9 Å². The van der Waals surface area contributed by atoms with Crippen LogP contribution in [0.3, 0.4) is 0 Å². The standard InChI is InChI=1S/C23H25ClN2O4S2/c1-22(2,32(3,28)29)18-7-15(19(30-18)20(25)27)12-8-23(9-12)10-13(11-23)21-26-16-6-14(24)4-5-17(16)31-21/h4-7,12-13H,8-11H2,1-3H3,(H2,25,27). The summed E-state index contributed by atoms with van der Waals surface area (Å²) in [5, 5.41) is 1.86. The zero-order chi connectivity index (χ0) is 23.1. The lowest BCUT2D eigenvalue weighted by Gasteiger charge is -2.57. The molecule has 2 saturated carbocycles. The monoisotopic (exact) mass is 492 g/mol. The van der Waals surface area contributed by atoms with Crippen LogP contribution in [0.4, 0.5) is 0 Å². The van der Waals surface area contributed by atoms with Crippen LogP contribution < -0.4 is 5.73 Å². The normalized spacial score (nSPS) is 25.6. The third-order valence-corrected chi connectivity index (χ3v) is 10.9.